The minimum atomic E-state index is 0.0199. The van der Waals surface area contributed by atoms with Crippen LogP contribution in [0.5, 0.6) is 0 Å². The highest BCUT2D eigenvalue weighted by molar-refractivity contribution is 7.99. The molecule has 0 aliphatic carbocycles. The van der Waals surface area contributed by atoms with E-state index in [1.54, 1.807) is 0 Å². The first kappa shape index (κ1) is 19.0. The maximum Gasteiger partial charge on any atom is 0.251 e. The van der Waals surface area contributed by atoms with E-state index in [2.05, 4.69) is 53.5 Å². The lowest BCUT2D eigenvalue weighted by Gasteiger charge is -2.26. The van der Waals surface area contributed by atoms with Crippen molar-refractivity contribution in [2.75, 3.05) is 24.6 Å². The summed E-state index contributed by atoms with van der Waals surface area (Å²) in [5.41, 5.74) is 3.34. The van der Waals surface area contributed by atoms with Crippen LogP contribution in [-0.2, 0) is 13.0 Å². The van der Waals surface area contributed by atoms with Crippen LogP contribution in [0.1, 0.15) is 34.8 Å². The van der Waals surface area contributed by atoms with Crippen LogP contribution in [0.4, 0.5) is 0 Å². The molecule has 2 aromatic rings. The molecule has 0 saturated carbocycles. The molecule has 1 aliphatic heterocycles. The smallest absolute Gasteiger partial charge is 0.251 e. The van der Waals surface area contributed by atoms with Crippen molar-refractivity contribution in [2.45, 2.75) is 32.4 Å². The number of rotatable bonds is 7. The summed E-state index contributed by atoms with van der Waals surface area (Å²) < 4.78 is 0. The summed E-state index contributed by atoms with van der Waals surface area (Å²) >= 11 is 2.03. The number of hydrogen-bond donors (Lipinski definition) is 1. The molecule has 0 spiro atoms. The van der Waals surface area contributed by atoms with Crippen molar-refractivity contribution in [3.05, 3.63) is 71.3 Å². The molecule has 2 aromatic carbocycles. The molecule has 1 N–H and O–H groups in total. The first-order valence-electron chi connectivity index (χ1n) is 9.44. The van der Waals surface area contributed by atoms with Crippen LogP contribution >= 0.6 is 11.8 Å². The molecule has 138 valence electrons. The number of thioether (sulfide) groups is 1. The van der Waals surface area contributed by atoms with E-state index in [1.807, 2.05) is 30.0 Å². The number of benzene rings is 2. The highest BCUT2D eigenvalue weighted by atomic mass is 32.2. The Morgan fingerprint density at radius 2 is 1.73 bits per heavy atom. The molecule has 0 radical (unpaired) electrons. The van der Waals surface area contributed by atoms with Crippen molar-refractivity contribution in [3.8, 4) is 0 Å². The fourth-order valence-corrected chi connectivity index (χ4v) is 4.16. The van der Waals surface area contributed by atoms with E-state index >= 15 is 0 Å². The Bertz CT molecular complexity index is 681. The van der Waals surface area contributed by atoms with Crippen LogP contribution in [0.2, 0.25) is 0 Å². The first-order valence-corrected chi connectivity index (χ1v) is 10.6. The summed E-state index contributed by atoms with van der Waals surface area (Å²) in [5.74, 6) is 2.47. The van der Waals surface area contributed by atoms with Gasteiger partial charge in [-0.1, -0.05) is 42.5 Å². The zero-order valence-electron chi connectivity index (χ0n) is 15.5. The van der Waals surface area contributed by atoms with Gasteiger partial charge >= 0.3 is 0 Å². The Kier molecular flexibility index (Phi) is 7.15. The molecule has 1 saturated heterocycles. The van der Waals surface area contributed by atoms with Crippen LogP contribution in [-0.4, -0.2) is 41.4 Å². The van der Waals surface area contributed by atoms with Crippen LogP contribution in [0.15, 0.2) is 54.6 Å². The number of hydrogen-bond acceptors (Lipinski definition) is 3. The molecule has 1 amide bonds. The van der Waals surface area contributed by atoms with Crippen molar-refractivity contribution >= 4 is 17.7 Å². The van der Waals surface area contributed by atoms with Gasteiger partial charge in [0.05, 0.1) is 0 Å². The number of amides is 1. The minimum Gasteiger partial charge on any atom is -0.350 e. The third-order valence-electron chi connectivity index (χ3n) is 4.81. The topological polar surface area (TPSA) is 32.3 Å². The van der Waals surface area contributed by atoms with E-state index in [0.717, 1.165) is 38.0 Å². The van der Waals surface area contributed by atoms with Gasteiger partial charge in [-0.25, -0.2) is 0 Å². The first-order chi connectivity index (χ1) is 12.7. The fraction of sp³-hybridized carbons (Fsp3) is 0.409. The zero-order valence-corrected chi connectivity index (χ0v) is 16.3. The van der Waals surface area contributed by atoms with Crippen molar-refractivity contribution < 1.29 is 4.79 Å². The average molecular weight is 369 g/mol. The molecule has 26 heavy (non-hydrogen) atoms. The molecule has 4 heteroatoms. The lowest BCUT2D eigenvalue weighted by atomic mass is 10.1. The Morgan fingerprint density at radius 1 is 1.04 bits per heavy atom. The maximum atomic E-state index is 12.4. The summed E-state index contributed by atoms with van der Waals surface area (Å²) in [6.45, 7) is 5.37. The second-order valence-corrected chi connectivity index (χ2v) is 8.21. The van der Waals surface area contributed by atoms with Gasteiger partial charge in [0.2, 0.25) is 0 Å². The van der Waals surface area contributed by atoms with Crippen LogP contribution < -0.4 is 5.32 Å². The molecule has 1 fully saturated rings. The largest absolute Gasteiger partial charge is 0.350 e. The molecule has 1 heterocycles. The number of nitrogens with zero attached hydrogens (tertiary/aromatic N) is 1. The predicted octanol–water partition coefficient (Wildman–Crippen LogP) is 3.99. The standard InChI is InChI=1S/C22H28N2OS/c1-18(7-8-19-5-3-2-4-6-19)23-22(25)21-11-9-20(10-12-21)17-24-13-15-26-16-14-24/h2-6,9-12,18H,7-8,13-17H2,1H3,(H,23,25)/t18-/m0/s1. The summed E-state index contributed by atoms with van der Waals surface area (Å²) in [4.78, 5) is 14.9. The molecular weight excluding hydrogens is 340 g/mol. The zero-order chi connectivity index (χ0) is 18.2. The van der Waals surface area contributed by atoms with Gasteiger partial charge in [0.15, 0.2) is 0 Å². The third kappa shape index (κ3) is 5.89. The van der Waals surface area contributed by atoms with Gasteiger partial charge in [0, 0.05) is 42.7 Å². The number of carbonyl (C=O) groups excluding carboxylic acids is 1. The molecule has 1 atom stereocenters. The SMILES string of the molecule is C[C@@H](CCc1ccccc1)NC(=O)c1ccc(CN2CCSCC2)cc1. The van der Waals surface area contributed by atoms with Gasteiger partial charge in [-0.15, -0.1) is 0 Å². The maximum absolute atomic E-state index is 12.4. The van der Waals surface area contributed by atoms with Gasteiger partial charge in [0.1, 0.15) is 0 Å². The number of nitrogens with one attached hydrogen (secondary N) is 1. The Labute approximate surface area is 161 Å². The Balaban J connectivity index is 1.46. The highest BCUT2D eigenvalue weighted by Crippen LogP contribution is 2.14. The molecule has 0 aromatic heterocycles. The Morgan fingerprint density at radius 3 is 2.42 bits per heavy atom. The molecule has 3 nitrogen and oxygen atoms in total. The van der Waals surface area contributed by atoms with Crippen LogP contribution in [0.3, 0.4) is 0 Å². The third-order valence-corrected chi connectivity index (χ3v) is 5.75. The van der Waals surface area contributed by atoms with Gasteiger partial charge in [-0.2, -0.15) is 11.8 Å². The second-order valence-electron chi connectivity index (χ2n) is 6.98. The quantitative estimate of drug-likeness (QED) is 0.802. The van der Waals surface area contributed by atoms with Crippen molar-refractivity contribution in [3.63, 3.8) is 0 Å². The van der Waals surface area contributed by atoms with E-state index in [0.29, 0.717) is 0 Å². The lowest BCUT2D eigenvalue weighted by Crippen LogP contribution is -2.33. The second kappa shape index (κ2) is 9.79. The van der Waals surface area contributed by atoms with Crippen molar-refractivity contribution in [2.24, 2.45) is 0 Å². The van der Waals surface area contributed by atoms with Crippen molar-refractivity contribution in [1.29, 1.82) is 0 Å². The van der Waals surface area contributed by atoms with Crippen LogP contribution in [0.25, 0.3) is 0 Å². The fourth-order valence-electron chi connectivity index (χ4n) is 3.19. The van der Waals surface area contributed by atoms with Gasteiger partial charge in [-0.05, 0) is 43.0 Å². The van der Waals surface area contributed by atoms with E-state index in [-0.39, 0.29) is 11.9 Å². The lowest BCUT2D eigenvalue weighted by molar-refractivity contribution is 0.0938. The van der Waals surface area contributed by atoms with Gasteiger partial charge in [0.25, 0.3) is 5.91 Å². The van der Waals surface area contributed by atoms with Crippen LogP contribution in [0, 0.1) is 0 Å². The van der Waals surface area contributed by atoms with E-state index in [4.69, 9.17) is 0 Å². The van der Waals surface area contributed by atoms with E-state index < -0.39 is 0 Å². The number of aryl methyl sites for hydroxylation is 1. The summed E-state index contributed by atoms with van der Waals surface area (Å²) in [6.07, 6.45) is 1.93. The number of carbonyl (C=O) groups is 1. The Hall–Kier alpha value is -1.78. The molecule has 1 aliphatic rings. The van der Waals surface area contributed by atoms with Gasteiger partial charge in [-0.3, -0.25) is 9.69 Å². The van der Waals surface area contributed by atoms with E-state index in [1.165, 1.54) is 22.6 Å². The summed E-state index contributed by atoms with van der Waals surface area (Å²) in [7, 11) is 0. The normalized spacial score (nSPS) is 16.2. The summed E-state index contributed by atoms with van der Waals surface area (Å²) in [5, 5.41) is 3.12. The molecule has 0 unspecified atom stereocenters. The minimum absolute atomic E-state index is 0.0199. The molecular formula is C22H28N2OS. The average Bonchev–Trinajstić information content (AvgIpc) is 2.68. The summed E-state index contributed by atoms with van der Waals surface area (Å²) in [6, 6.07) is 18.7. The monoisotopic (exact) mass is 368 g/mol. The predicted molar refractivity (Wildman–Crippen MR) is 111 cm³/mol. The van der Waals surface area contributed by atoms with E-state index in [9.17, 15) is 4.79 Å². The molecule has 0 bridgehead atoms. The molecule has 3 rings (SSSR count). The van der Waals surface area contributed by atoms with Gasteiger partial charge < -0.3 is 5.32 Å². The van der Waals surface area contributed by atoms with Crippen molar-refractivity contribution in [1.82, 2.24) is 10.2 Å². The highest BCUT2D eigenvalue weighted by Gasteiger charge is 2.12.